The summed E-state index contributed by atoms with van der Waals surface area (Å²) < 4.78 is 20.2. The van der Waals surface area contributed by atoms with Gasteiger partial charge in [0.15, 0.2) is 0 Å². The van der Waals surface area contributed by atoms with Crippen molar-refractivity contribution >= 4 is 33.2 Å². The predicted octanol–water partition coefficient (Wildman–Crippen LogP) is 1.87. The van der Waals surface area contributed by atoms with Crippen molar-refractivity contribution in [1.82, 2.24) is 10.2 Å². The van der Waals surface area contributed by atoms with Gasteiger partial charge in [0.2, 0.25) is 5.91 Å². The number of hydrogen-bond donors (Lipinski definition) is 2. The molecule has 3 rings (SSSR count). The monoisotopic (exact) mass is 379 g/mol. The first-order valence-corrected chi connectivity index (χ1v) is 9.31. The molecule has 26 heavy (non-hydrogen) atoms. The zero-order valence-electron chi connectivity index (χ0n) is 14.6. The number of methoxy groups -OCH3 is 1. The number of primary amides is 1. The molecule has 6 nitrogen and oxygen atoms in total. The smallest absolute Gasteiger partial charge is 0.261 e. The van der Waals surface area contributed by atoms with Gasteiger partial charge in [-0.05, 0) is 25.0 Å². The van der Waals surface area contributed by atoms with Crippen LogP contribution >= 0.6 is 11.3 Å². The number of rotatable bonds is 6. The number of nitrogens with two attached hydrogens (primary N) is 1. The van der Waals surface area contributed by atoms with E-state index in [4.69, 9.17) is 10.5 Å². The number of halogens is 1. The summed E-state index contributed by atoms with van der Waals surface area (Å²) in [7, 11) is 1.53. The number of nitrogens with one attached hydrogen (secondary N) is 1. The van der Waals surface area contributed by atoms with Crippen molar-refractivity contribution in [2.24, 2.45) is 5.73 Å². The number of piperidine rings is 1. The van der Waals surface area contributed by atoms with E-state index in [1.54, 1.807) is 12.1 Å². The molecule has 1 aliphatic rings. The second-order valence-corrected chi connectivity index (χ2v) is 7.50. The molecule has 1 aromatic heterocycles. The van der Waals surface area contributed by atoms with Gasteiger partial charge >= 0.3 is 0 Å². The summed E-state index contributed by atoms with van der Waals surface area (Å²) >= 11 is 1.28. The van der Waals surface area contributed by atoms with Crippen molar-refractivity contribution in [2.75, 3.05) is 26.7 Å². The van der Waals surface area contributed by atoms with Gasteiger partial charge < -0.3 is 15.8 Å². The fourth-order valence-corrected chi connectivity index (χ4v) is 4.46. The minimum absolute atomic E-state index is 0.0251. The topological polar surface area (TPSA) is 84.7 Å². The highest BCUT2D eigenvalue weighted by Gasteiger charge is 2.25. The normalized spacial score (nSPS) is 16.1. The molecular weight excluding hydrogens is 357 g/mol. The molecule has 0 aliphatic carbocycles. The van der Waals surface area contributed by atoms with Gasteiger partial charge in [0.25, 0.3) is 5.91 Å². The molecule has 8 heteroatoms. The molecule has 1 fully saturated rings. The van der Waals surface area contributed by atoms with E-state index in [9.17, 15) is 14.0 Å². The molecule has 1 saturated heterocycles. The van der Waals surface area contributed by atoms with E-state index in [0.717, 1.165) is 17.5 Å². The SMILES string of the molecule is COCc1c(C(=O)NC2CCN(CC(N)=O)CC2)sc2cccc(F)c12. The number of fused-ring (bicyclic) bond motifs is 1. The van der Waals surface area contributed by atoms with E-state index >= 15 is 0 Å². The third-order valence-corrected chi connectivity index (χ3v) is 5.76. The molecular formula is C18H22FN3O3S. The Labute approximate surface area is 155 Å². The Bertz CT molecular complexity index is 815. The van der Waals surface area contributed by atoms with Crippen LogP contribution in [0.1, 0.15) is 28.1 Å². The number of ether oxygens (including phenoxy) is 1. The Balaban J connectivity index is 1.73. The minimum atomic E-state index is -0.344. The van der Waals surface area contributed by atoms with Crippen molar-refractivity contribution in [3.05, 3.63) is 34.5 Å². The second-order valence-electron chi connectivity index (χ2n) is 6.45. The molecule has 0 saturated carbocycles. The van der Waals surface area contributed by atoms with E-state index in [1.807, 2.05) is 4.90 Å². The van der Waals surface area contributed by atoms with Gasteiger partial charge in [-0.15, -0.1) is 11.3 Å². The maximum Gasteiger partial charge on any atom is 0.261 e. The molecule has 0 unspecified atom stereocenters. The zero-order chi connectivity index (χ0) is 18.7. The molecule has 3 N–H and O–H groups in total. The first-order chi connectivity index (χ1) is 12.5. The first kappa shape index (κ1) is 18.8. The lowest BCUT2D eigenvalue weighted by Gasteiger charge is -2.31. The summed E-state index contributed by atoms with van der Waals surface area (Å²) in [4.78, 5) is 26.3. The average Bonchev–Trinajstić information content (AvgIpc) is 2.97. The van der Waals surface area contributed by atoms with Crippen molar-refractivity contribution < 1.29 is 18.7 Å². The Morgan fingerprint density at radius 3 is 2.77 bits per heavy atom. The average molecular weight is 379 g/mol. The highest BCUT2D eigenvalue weighted by atomic mass is 32.1. The van der Waals surface area contributed by atoms with Crippen LogP contribution in [0.25, 0.3) is 10.1 Å². The van der Waals surface area contributed by atoms with E-state index in [2.05, 4.69) is 5.32 Å². The highest BCUT2D eigenvalue weighted by molar-refractivity contribution is 7.21. The van der Waals surface area contributed by atoms with Gasteiger partial charge in [-0.2, -0.15) is 0 Å². The number of carbonyl (C=O) groups excluding carboxylic acids is 2. The lowest BCUT2D eigenvalue weighted by Crippen LogP contribution is -2.46. The molecule has 140 valence electrons. The van der Waals surface area contributed by atoms with Gasteiger partial charge in [0.05, 0.1) is 18.0 Å². The number of hydrogen-bond acceptors (Lipinski definition) is 5. The Kier molecular flexibility index (Phi) is 5.85. The van der Waals surface area contributed by atoms with Gasteiger partial charge in [-0.25, -0.2) is 4.39 Å². The molecule has 2 amide bonds. The van der Waals surface area contributed by atoms with Crippen molar-refractivity contribution in [2.45, 2.75) is 25.5 Å². The summed E-state index contributed by atoms with van der Waals surface area (Å²) in [6.45, 7) is 1.84. The summed E-state index contributed by atoms with van der Waals surface area (Å²) in [5, 5.41) is 3.50. The van der Waals surface area contributed by atoms with Crippen LogP contribution in [-0.4, -0.2) is 49.5 Å². The molecule has 2 heterocycles. The number of nitrogens with zero attached hydrogens (tertiary/aromatic N) is 1. The third kappa shape index (κ3) is 4.03. The van der Waals surface area contributed by atoms with Gasteiger partial charge in [-0.1, -0.05) is 6.07 Å². The second kappa shape index (κ2) is 8.11. The molecule has 1 aliphatic heterocycles. The number of carbonyl (C=O) groups is 2. The Morgan fingerprint density at radius 2 is 2.12 bits per heavy atom. The van der Waals surface area contributed by atoms with Crippen molar-refractivity contribution in [3.63, 3.8) is 0 Å². The van der Waals surface area contributed by atoms with Gasteiger partial charge in [-0.3, -0.25) is 14.5 Å². The van der Waals surface area contributed by atoms with Crippen LogP contribution in [0.4, 0.5) is 4.39 Å². The van der Waals surface area contributed by atoms with Crippen LogP contribution < -0.4 is 11.1 Å². The Hall–Kier alpha value is -2.03. The third-order valence-electron chi connectivity index (χ3n) is 4.56. The van der Waals surface area contributed by atoms with Crippen molar-refractivity contribution in [3.8, 4) is 0 Å². The van der Waals surface area contributed by atoms with Crippen LogP contribution in [-0.2, 0) is 16.1 Å². The zero-order valence-corrected chi connectivity index (χ0v) is 15.4. The van der Waals surface area contributed by atoms with Crippen LogP contribution in [0.5, 0.6) is 0 Å². The molecule has 1 aromatic carbocycles. The van der Waals surface area contributed by atoms with E-state index in [-0.39, 0.29) is 36.8 Å². The largest absolute Gasteiger partial charge is 0.380 e. The predicted molar refractivity (Wildman–Crippen MR) is 98.6 cm³/mol. The molecule has 0 radical (unpaired) electrons. The quantitative estimate of drug-likeness (QED) is 0.802. The number of benzene rings is 1. The highest BCUT2D eigenvalue weighted by Crippen LogP contribution is 2.34. The minimum Gasteiger partial charge on any atom is -0.380 e. The summed E-state index contributed by atoms with van der Waals surface area (Å²) in [5.74, 6) is -0.889. The summed E-state index contributed by atoms with van der Waals surface area (Å²) in [5.41, 5.74) is 5.81. The maximum atomic E-state index is 14.2. The van der Waals surface area contributed by atoms with E-state index in [1.165, 1.54) is 24.5 Å². The number of likely N-dealkylation sites (tertiary alicyclic amines) is 1. The Morgan fingerprint density at radius 1 is 1.38 bits per heavy atom. The van der Waals surface area contributed by atoms with Crippen LogP contribution in [0.15, 0.2) is 18.2 Å². The van der Waals surface area contributed by atoms with E-state index < -0.39 is 0 Å². The first-order valence-electron chi connectivity index (χ1n) is 8.50. The van der Waals surface area contributed by atoms with Gasteiger partial charge in [0.1, 0.15) is 5.82 Å². The maximum absolute atomic E-state index is 14.2. The summed E-state index contributed by atoms with van der Waals surface area (Å²) in [6, 6.07) is 4.86. The van der Waals surface area contributed by atoms with Crippen LogP contribution in [0.2, 0.25) is 0 Å². The molecule has 0 spiro atoms. The molecule has 0 bridgehead atoms. The standard InChI is InChI=1S/C18H22FN3O3S/c1-25-10-12-16-13(19)3-2-4-14(16)26-17(12)18(24)21-11-5-7-22(8-6-11)9-15(20)23/h2-4,11H,5-10H2,1H3,(H2,20,23)(H,21,24). The van der Waals surface area contributed by atoms with E-state index in [0.29, 0.717) is 28.9 Å². The number of thiophene rings is 1. The van der Waals surface area contributed by atoms with Gasteiger partial charge in [0, 0.05) is 41.9 Å². The number of amides is 2. The lowest BCUT2D eigenvalue weighted by atomic mass is 10.0. The van der Waals surface area contributed by atoms with Crippen LogP contribution in [0.3, 0.4) is 0 Å². The molecule has 2 aromatic rings. The van der Waals surface area contributed by atoms with Crippen LogP contribution in [0, 0.1) is 5.82 Å². The fraction of sp³-hybridized carbons (Fsp3) is 0.444. The molecule has 0 atom stereocenters. The lowest BCUT2D eigenvalue weighted by molar-refractivity contribution is -0.119. The summed E-state index contributed by atoms with van der Waals surface area (Å²) in [6.07, 6.45) is 1.50. The van der Waals surface area contributed by atoms with Crippen molar-refractivity contribution in [1.29, 1.82) is 0 Å². The fourth-order valence-electron chi connectivity index (χ4n) is 3.34.